The van der Waals surface area contributed by atoms with Crippen LogP contribution in [0.1, 0.15) is 24.2 Å². The molecule has 3 rings (SSSR count). The van der Waals surface area contributed by atoms with Crippen LogP contribution >= 0.6 is 0 Å². The van der Waals surface area contributed by atoms with Crippen LogP contribution in [0.2, 0.25) is 0 Å². The van der Waals surface area contributed by atoms with E-state index in [-0.39, 0.29) is 11.8 Å². The number of pyridine rings is 1. The molecule has 0 fully saturated rings. The number of nitrogens with zero attached hydrogens (tertiary/aromatic N) is 5. The highest BCUT2D eigenvalue weighted by atomic mass is 19.1. The number of aromatic nitrogens is 3. The number of carbonyl (C=O) groups excluding carboxylic acids is 2. The number of rotatable bonds is 9. The zero-order valence-corrected chi connectivity index (χ0v) is 23.3. The van der Waals surface area contributed by atoms with Crippen LogP contribution in [-0.4, -0.2) is 66.1 Å². The van der Waals surface area contributed by atoms with Crippen LogP contribution in [0.3, 0.4) is 0 Å². The molecule has 0 saturated heterocycles. The van der Waals surface area contributed by atoms with Gasteiger partial charge in [0.25, 0.3) is 5.91 Å². The maximum absolute atomic E-state index is 13.3. The molecule has 3 aromatic rings. The molecule has 0 aliphatic rings. The van der Waals surface area contributed by atoms with E-state index < -0.39 is 5.82 Å². The van der Waals surface area contributed by atoms with E-state index in [0.29, 0.717) is 45.7 Å². The standard InChI is InChI=1S/C24H24FN7O2.C4H9NO/c1-5-8-20(27-6-2)32-21-11-19(17(14-28-21)24(33)26-3)31-18-10-7-9-16(22(18)34-4)23-29-12-15(25)13-30-23;1-4(6)5(2)3/h5-14H,1H2,2-4H3,(H,26,33)(H2,28,31,32);1-3H3/b20-8+,27-6-;. The van der Waals surface area contributed by atoms with Crippen molar-refractivity contribution in [1.29, 1.82) is 0 Å². The van der Waals surface area contributed by atoms with E-state index in [9.17, 15) is 14.0 Å². The summed E-state index contributed by atoms with van der Waals surface area (Å²) in [5.74, 6) is 0.916. The fourth-order valence-electron chi connectivity index (χ4n) is 3.07. The van der Waals surface area contributed by atoms with Crippen LogP contribution in [0, 0.1) is 5.82 Å². The van der Waals surface area contributed by atoms with Crippen molar-refractivity contribution in [3.05, 3.63) is 78.8 Å². The Hall–Kier alpha value is -5.13. The van der Waals surface area contributed by atoms with E-state index >= 15 is 0 Å². The molecule has 40 heavy (non-hydrogen) atoms. The third-order valence-corrected chi connectivity index (χ3v) is 5.16. The van der Waals surface area contributed by atoms with Gasteiger partial charge in [-0.3, -0.25) is 9.59 Å². The topological polar surface area (TPSA) is 134 Å². The third-order valence-electron chi connectivity index (χ3n) is 5.16. The van der Waals surface area contributed by atoms with Crippen molar-refractivity contribution in [3.8, 4) is 17.1 Å². The molecular weight excluding hydrogens is 515 g/mol. The Balaban J connectivity index is 0.000000840. The van der Waals surface area contributed by atoms with E-state index in [1.54, 1.807) is 63.7 Å². The van der Waals surface area contributed by atoms with E-state index in [0.717, 1.165) is 12.4 Å². The molecule has 12 heteroatoms. The number of aliphatic imine (C=N–C) groups is 1. The lowest BCUT2D eigenvalue weighted by Gasteiger charge is -2.17. The second kappa shape index (κ2) is 15.3. The fourth-order valence-corrected chi connectivity index (χ4v) is 3.07. The highest BCUT2D eigenvalue weighted by Gasteiger charge is 2.17. The molecule has 0 unspecified atom stereocenters. The van der Waals surface area contributed by atoms with Crippen LogP contribution in [-0.2, 0) is 4.79 Å². The Morgan fingerprint density at radius 2 is 1.80 bits per heavy atom. The van der Waals surface area contributed by atoms with Crippen LogP contribution in [0.25, 0.3) is 11.4 Å². The first-order valence-electron chi connectivity index (χ1n) is 12.0. The largest absolute Gasteiger partial charge is 0.494 e. The van der Waals surface area contributed by atoms with Crippen LogP contribution in [0.4, 0.5) is 21.6 Å². The van der Waals surface area contributed by atoms with E-state index in [1.165, 1.54) is 32.2 Å². The number of halogens is 1. The number of ether oxygens (including phenoxy) is 1. The molecule has 1 aromatic carbocycles. The summed E-state index contributed by atoms with van der Waals surface area (Å²) < 4.78 is 18.9. The van der Waals surface area contributed by atoms with Gasteiger partial charge in [-0.25, -0.2) is 24.3 Å². The van der Waals surface area contributed by atoms with Gasteiger partial charge in [-0.15, -0.1) is 0 Å². The maximum atomic E-state index is 13.3. The average Bonchev–Trinajstić information content (AvgIpc) is 2.93. The van der Waals surface area contributed by atoms with Gasteiger partial charge in [-0.2, -0.15) is 0 Å². The third kappa shape index (κ3) is 8.72. The molecule has 3 N–H and O–H groups in total. The Morgan fingerprint density at radius 3 is 2.35 bits per heavy atom. The predicted molar refractivity (Wildman–Crippen MR) is 155 cm³/mol. The first kappa shape index (κ1) is 31.1. The van der Waals surface area contributed by atoms with Crippen molar-refractivity contribution in [2.75, 3.05) is 38.9 Å². The van der Waals surface area contributed by atoms with Gasteiger partial charge >= 0.3 is 0 Å². The van der Waals surface area contributed by atoms with Gasteiger partial charge in [-0.1, -0.05) is 18.7 Å². The van der Waals surface area contributed by atoms with Gasteiger partial charge in [0.05, 0.1) is 42.0 Å². The monoisotopic (exact) mass is 548 g/mol. The molecule has 2 heterocycles. The Kier molecular flexibility index (Phi) is 11.9. The summed E-state index contributed by atoms with van der Waals surface area (Å²) in [6, 6.07) is 6.98. The zero-order chi connectivity index (χ0) is 29.7. The minimum Gasteiger partial charge on any atom is -0.494 e. The maximum Gasteiger partial charge on any atom is 0.254 e. The quantitative estimate of drug-likeness (QED) is 0.264. The van der Waals surface area contributed by atoms with Crippen molar-refractivity contribution in [3.63, 3.8) is 0 Å². The summed E-state index contributed by atoms with van der Waals surface area (Å²) in [6.45, 7) is 7.00. The smallest absolute Gasteiger partial charge is 0.254 e. The number of anilines is 3. The summed E-state index contributed by atoms with van der Waals surface area (Å²) in [4.78, 5) is 40.7. The normalized spacial score (nSPS) is 10.7. The Labute approximate surface area is 232 Å². The zero-order valence-electron chi connectivity index (χ0n) is 23.3. The summed E-state index contributed by atoms with van der Waals surface area (Å²) in [6.07, 6.45) is 8.54. The predicted octanol–water partition coefficient (Wildman–Crippen LogP) is 4.41. The summed E-state index contributed by atoms with van der Waals surface area (Å²) in [5, 5.41) is 8.92. The molecule has 0 aliphatic carbocycles. The highest BCUT2D eigenvalue weighted by molar-refractivity contribution is 6.00. The average molecular weight is 549 g/mol. The van der Waals surface area contributed by atoms with Gasteiger partial charge in [0, 0.05) is 46.5 Å². The number of para-hydroxylation sites is 1. The van der Waals surface area contributed by atoms with Crippen molar-refractivity contribution >= 4 is 35.2 Å². The minimum absolute atomic E-state index is 0.0926. The minimum atomic E-state index is -0.540. The fraction of sp³-hybridized carbons (Fsp3) is 0.214. The van der Waals surface area contributed by atoms with Gasteiger partial charge in [0.2, 0.25) is 5.91 Å². The molecule has 11 nitrogen and oxygen atoms in total. The molecule has 210 valence electrons. The number of allylic oxidation sites excluding steroid dienone is 2. The lowest BCUT2D eigenvalue weighted by Crippen LogP contribution is -2.19. The number of carbonyl (C=O) groups is 2. The molecule has 2 aromatic heterocycles. The molecule has 0 bridgehead atoms. The lowest BCUT2D eigenvalue weighted by molar-refractivity contribution is -0.126. The van der Waals surface area contributed by atoms with Gasteiger partial charge in [0.1, 0.15) is 11.6 Å². The molecule has 0 spiro atoms. The Bertz CT molecular complexity index is 1390. The van der Waals surface area contributed by atoms with Gasteiger partial charge in [0.15, 0.2) is 17.4 Å². The molecule has 0 radical (unpaired) electrons. The van der Waals surface area contributed by atoms with E-state index in [4.69, 9.17) is 4.74 Å². The van der Waals surface area contributed by atoms with Crippen molar-refractivity contribution in [2.45, 2.75) is 13.8 Å². The second-order valence-corrected chi connectivity index (χ2v) is 8.14. The number of hydrogen-bond donors (Lipinski definition) is 3. The van der Waals surface area contributed by atoms with Crippen molar-refractivity contribution in [2.24, 2.45) is 4.99 Å². The molecule has 0 atom stereocenters. The molecule has 0 aliphatic heterocycles. The van der Waals surface area contributed by atoms with E-state index in [2.05, 4.69) is 42.5 Å². The van der Waals surface area contributed by atoms with Crippen molar-refractivity contribution < 1.29 is 18.7 Å². The van der Waals surface area contributed by atoms with Gasteiger partial charge < -0.3 is 25.6 Å². The van der Waals surface area contributed by atoms with Crippen LogP contribution in [0.15, 0.2) is 72.4 Å². The Morgan fingerprint density at radius 1 is 1.12 bits per heavy atom. The number of benzene rings is 1. The number of methoxy groups -OCH3 is 1. The summed E-state index contributed by atoms with van der Waals surface area (Å²) >= 11 is 0. The first-order chi connectivity index (χ1) is 19.1. The lowest BCUT2D eigenvalue weighted by atomic mass is 10.1. The second-order valence-electron chi connectivity index (χ2n) is 8.14. The molecular formula is C28H33FN8O3. The van der Waals surface area contributed by atoms with E-state index in [1.807, 2.05) is 0 Å². The van der Waals surface area contributed by atoms with Crippen LogP contribution in [0.5, 0.6) is 5.75 Å². The SMILES string of the molecule is C=C/C=C(\N=C/C)Nc1cc(Nc2cccc(-c3ncc(F)cn3)c2OC)c(C(=O)NC)cn1.CC(=O)N(C)C. The van der Waals surface area contributed by atoms with Crippen molar-refractivity contribution in [1.82, 2.24) is 25.2 Å². The number of amides is 2. The van der Waals surface area contributed by atoms with Gasteiger partial charge in [-0.05, 0) is 25.1 Å². The summed E-state index contributed by atoms with van der Waals surface area (Å²) in [5.41, 5.74) is 1.87. The molecule has 2 amide bonds. The number of hydrogen-bond acceptors (Lipinski definition) is 9. The highest BCUT2D eigenvalue weighted by Crippen LogP contribution is 2.37. The molecule has 0 saturated carbocycles. The first-order valence-corrected chi connectivity index (χ1v) is 12.0. The van der Waals surface area contributed by atoms with Crippen LogP contribution < -0.4 is 20.7 Å². The summed E-state index contributed by atoms with van der Waals surface area (Å²) in [7, 11) is 6.48. The number of nitrogens with one attached hydrogen (secondary N) is 3.